The van der Waals surface area contributed by atoms with Crippen LogP contribution in [0.3, 0.4) is 0 Å². The number of nitrogens with zero attached hydrogens (tertiary/aromatic N) is 1. The Hall–Kier alpha value is -2.85. The summed E-state index contributed by atoms with van der Waals surface area (Å²) in [4.78, 5) is 0.0884. The third-order valence-electron chi connectivity index (χ3n) is 4.44. The van der Waals surface area contributed by atoms with Crippen LogP contribution < -0.4 is 9.44 Å². The second-order valence-corrected chi connectivity index (χ2v) is 9.82. The largest absolute Gasteiger partial charge is 0.337 e. The van der Waals surface area contributed by atoms with Crippen LogP contribution >= 0.6 is 0 Å². The maximum atomic E-state index is 12.5. The molecule has 0 radical (unpaired) electrons. The Morgan fingerprint density at radius 1 is 0.828 bits per heavy atom. The first-order valence-corrected chi connectivity index (χ1v) is 11.8. The third kappa shape index (κ3) is 4.60. The third-order valence-corrected chi connectivity index (χ3v) is 7.19. The summed E-state index contributed by atoms with van der Waals surface area (Å²) in [5, 5.41) is 3.71. The molecule has 3 rings (SSSR count). The van der Waals surface area contributed by atoms with Crippen LogP contribution in [0.2, 0.25) is 0 Å². The van der Waals surface area contributed by atoms with Crippen molar-refractivity contribution in [3.8, 4) is 0 Å². The Balaban J connectivity index is 1.77. The van der Waals surface area contributed by atoms with Crippen molar-refractivity contribution in [2.24, 2.45) is 0 Å². The van der Waals surface area contributed by atoms with E-state index in [2.05, 4.69) is 14.6 Å². The van der Waals surface area contributed by atoms with Gasteiger partial charge in [0.05, 0.1) is 15.5 Å². The molecular weight excluding hydrogens is 414 g/mol. The van der Waals surface area contributed by atoms with E-state index >= 15 is 0 Å². The van der Waals surface area contributed by atoms with E-state index in [1.165, 1.54) is 36.4 Å². The predicted molar refractivity (Wildman–Crippen MR) is 110 cm³/mol. The second-order valence-electron chi connectivity index (χ2n) is 6.45. The Kier molecular flexibility index (Phi) is 5.67. The van der Waals surface area contributed by atoms with Crippen molar-refractivity contribution in [3.05, 3.63) is 65.4 Å². The number of rotatable bonds is 7. The van der Waals surface area contributed by atoms with Crippen molar-refractivity contribution >= 4 is 31.6 Å². The fraction of sp³-hybridized carbons (Fsp3) is 0.211. The van der Waals surface area contributed by atoms with Gasteiger partial charge in [-0.3, -0.25) is 4.72 Å². The molecule has 0 amide bonds. The molecule has 0 saturated carbocycles. The molecule has 2 N–H and O–H groups in total. The van der Waals surface area contributed by atoms with Gasteiger partial charge < -0.3 is 4.52 Å². The summed E-state index contributed by atoms with van der Waals surface area (Å²) in [6, 6.07) is 11.9. The minimum absolute atomic E-state index is 0.0406. The van der Waals surface area contributed by atoms with E-state index in [0.29, 0.717) is 11.3 Å². The molecule has 154 valence electrons. The summed E-state index contributed by atoms with van der Waals surface area (Å²) in [7, 11) is -7.68. The highest BCUT2D eigenvalue weighted by atomic mass is 32.2. The Labute approximate surface area is 170 Å². The fourth-order valence-corrected chi connectivity index (χ4v) is 4.62. The van der Waals surface area contributed by atoms with Crippen LogP contribution in [0.4, 0.5) is 11.6 Å². The summed E-state index contributed by atoms with van der Waals surface area (Å²) < 4.78 is 59.8. The van der Waals surface area contributed by atoms with E-state index in [1.807, 2.05) is 6.92 Å². The average Bonchev–Trinajstić information content (AvgIpc) is 3.00. The standard InChI is InChI=1S/C19H21N3O5S2/c1-4-15-5-9-17(10-6-15)28(23,24)21-16-7-11-18(12-8-16)29(25,26)22-19-13(2)14(3)20-27-19/h5-12,21-22H,4H2,1-3H3. The van der Waals surface area contributed by atoms with Crippen LogP contribution in [-0.4, -0.2) is 22.0 Å². The van der Waals surface area contributed by atoms with Gasteiger partial charge in [0.25, 0.3) is 20.0 Å². The maximum absolute atomic E-state index is 12.5. The number of hydrogen-bond donors (Lipinski definition) is 2. The summed E-state index contributed by atoms with van der Waals surface area (Å²) in [5.74, 6) is 0.0443. The van der Waals surface area contributed by atoms with E-state index in [0.717, 1.165) is 12.0 Å². The van der Waals surface area contributed by atoms with Crippen LogP contribution in [0.5, 0.6) is 0 Å². The summed E-state index contributed by atoms with van der Waals surface area (Å²) in [5.41, 5.74) is 2.45. The van der Waals surface area contributed by atoms with E-state index < -0.39 is 20.0 Å². The van der Waals surface area contributed by atoms with Crippen LogP contribution in [0, 0.1) is 13.8 Å². The first kappa shape index (κ1) is 20.9. The van der Waals surface area contributed by atoms with Crippen molar-refractivity contribution in [1.29, 1.82) is 0 Å². The minimum Gasteiger partial charge on any atom is -0.337 e. The van der Waals surface area contributed by atoms with Crippen LogP contribution in [0.1, 0.15) is 23.7 Å². The molecule has 1 aromatic heterocycles. The quantitative estimate of drug-likeness (QED) is 0.587. The minimum atomic E-state index is -3.90. The van der Waals surface area contributed by atoms with E-state index in [1.54, 1.807) is 26.0 Å². The zero-order valence-corrected chi connectivity index (χ0v) is 17.8. The molecule has 1 heterocycles. The molecule has 10 heteroatoms. The lowest BCUT2D eigenvalue weighted by atomic mass is 10.2. The Bertz CT molecular complexity index is 1210. The molecule has 0 spiro atoms. The lowest BCUT2D eigenvalue weighted by molar-refractivity contribution is 0.430. The number of anilines is 2. The van der Waals surface area contributed by atoms with Gasteiger partial charge in [0.2, 0.25) is 5.88 Å². The molecule has 0 aliphatic heterocycles. The number of aryl methyl sites for hydroxylation is 2. The molecule has 0 atom stereocenters. The predicted octanol–water partition coefficient (Wildman–Crippen LogP) is 3.46. The Morgan fingerprint density at radius 3 is 1.83 bits per heavy atom. The van der Waals surface area contributed by atoms with Crippen molar-refractivity contribution in [2.45, 2.75) is 37.0 Å². The summed E-state index contributed by atoms with van der Waals surface area (Å²) >= 11 is 0. The van der Waals surface area contributed by atoms with Gasteiger partial charge in [-0.05, 0) is 62.2 Å². The number of aromatic nitrogens is 1. The van der Waals surface area contributed by atoms with Gasteiger partial charge in [0.1, 0.15) is 0 Å². The highest BCUT2D eigenvalue weighted by Gasteiger charge is 2.20. The second kappa shape index (κ2) is 7.88. The van der Waals surface area contributed by atoms with Gasteiger partial charge in [-0.1, -0.05) is 24.2 Å². The zero-order chi connectivity index (χ0) is 21.2. The first-order valence-electron chi connectivity index (χ1n) is 8.80. The molecular formula is C19H21N3O5S2. The molecule has 3 aromatic rings. The van der Waals surface area contributed by atoms with Gasteiger partial charge >= 0.3 is 0 Å². The lowest BCUT2D eigenvalue weighted by Crippen LogP contribution is -2.14. The molecule has 2 aromatic carbocycles. The summed E-state index contributed by atoms with van der Waals surface area (Å²) in [6.07, 6.45) is 0.810. The fourth-order valence-electron chi connectivity index (χ4n) is 2.51. The Morgan fingerprint density at radius 2 is 1.34 bits per heavy atom. The number of hydrogen-bond acceptors (Lipinski definition) is 6. The highest BCUT2D eigenvalue weighted by molar-refractivity contribution is 7.93. The number of benzene rings is 2. The van der Waals surface area contributed by atoms with Crippen LogP contribution in [-0.2, 0) is 26.5 Å². The first-order chi connectivity index (χ1) is 13.6. The van der Waals surface area contributed by atoms with Gasteiger partial charge in [-0.2, -0.15) is 0 Å². The van der Waals surface area contributed by atoms with Crippen LogP contribution in [0.15, 0.2) is 62.8 Å². The molecule has 0 unspecified atom stereocenters. The monoisotopic (exact) mass is 435 g/mol. The smallest absolute Gasteiger partial charge is 0.264 e. The average molecular weight is 436 g/mol. The molecule has 0 aliphatic rings. The van der Waals surface area contributed by atoms with Gasteiger partial charge in [-0.15, -0.1) is 0 Å². The van der Waals surface area contributed by atoms with E-state index in [4.69, 9.17) is 4.52 Å². The number of nitrogens with one attached hydrogen (secondary N) is 2. The van der Waals surface area contributed by atoms with Crippen molar-refractivity contribution < 1.29 is 21.4 Å². The highest BCUT2D eigenvalue weighted by Crippen LogP contribution is 2.23. The van der Waals surface area contributed by atoms with Gasteiger partial charge in [0, 0.05) is 11.3 Å². The molecule has 0 fully saturated rings. The van der Waals surface area contributed by atoms with Gasteiger partial charge in [-0.25, -0.2) is 21.6 Å². The van der Waals surface area contributed by atoms with Crippen molar-refractivity contribution in [2.75, 3.05) is 9.44 Å². The topological polar surface area (TPSA) is 118 Å². The van der Waals surface area contributed by atoms with Gasteiger partial charge in [0.15, 0.2) is 0 Å². The SMILES string of the molecule is CCc1ccc(S(=O)(=O)Nc2ccc(S(=O)(=O)Nc3onc(C)c3C)cc2)cc1. The maximum Gasteiger partial charge on any atom is 0.264 e. The van der Waals surface area contributed by atoms with Crippen molar-refractivity contribution in [1.82, 2.24) is 5.16 Å². The van der Waals surface area contributed by atoms with E-state index in [9.17, 15) is 16.8 Å². The number of sulfonamides is 2. The molecule has 8 nitrogen and oxygen atoms in total. The molecule has 0 bridgehead atoms. The molecule has 0 saturated heterocycles. The molecule has 29 heavy (non-hydrogen) atoms. The molecule has 0 aliphatic carbocycles. The van der Waals surface area contributed by atoms with Crippen LogP contribution in [0.25, 0.3) is 0 Å². The summed E-state index contributed by atoms with van der Waals surface area (Å²) in [6.45, 7) is 5.37. The van der Waals surface area contributed by atoms with Crippen molar-refractivity contribution in [3.63, 3.8) is 0 Å². The normalized spacial score (nSPS) is 12.0. The zero-order valence-electron chi connectivity index (χ0n) is 16.1. The van der Waals surface area contributed by atoms with E-state index in [-0.39, 0.29) is 21.4 Å². The lowest BCUT2D eigenvalue weighted by Gasteiger charge is -2.10.